The molecule has 0 aliphatic heterocycles. The first-order valence-electron chi connectivity index (χ1n) is 6.92. The number of nitrogens with zero attached hydrogens (tertiary/aromatic N) is 5. The van der Waals surface area contributed by atoms with Crippen LogP contribution in [0.2, 0.25) is 5.15 Å². The zero-order valence-corrected chi connectivity index (χ0v) is 13.5. The minimum Gasteiger partial charge on any atom is -0.296 e. The molecule has 0 amide bonds. The van der Waals surface area contributed by atoms with Crippen molar-refractivity contribution in [2.24, 2.45) is 13.0 Å². The van der Waals surface area contributed by atoms with Crippen LogP contribution in [-0.2, 0) is 13.6 Å². The summed E-state index contributed by atoms with van der Waals surface area (Å²) in [5.41, 5.74) is 0.782. The molecule has 0 radical (unpaired) electrons. The maximum Gasteiger partial charge on any atom is 0.162 e. The quantitative estimate of drug-likeness (QED) is 0.796. The summed E-state index contributed by atoms with van der Waals surface area (Å²) in [6.45, 7) is 7.39. The second-order valence-electron chi connectivity index (χ2n) is 5.83. The van der Waals surface area contributed by atoms with E-state index in [0.717, 1.165) is 23.3 Å². The van der Waals surface area contributed by atoms with Crippen molar-refractivity contribution in [3.63, 3.8) is 0 Å². The summed E-state index contributed by atoms with van der Waals surface area (Å²) < 4.78 is 1.73. The van der Waals surface area contributed by atoms with Crippen LogP contribution in [0.3, 0.4) is 0 Å². The average molecular weight is 296 g/mol. The van der Waals surface area contributed by atoms with Crippen LogP contribution in [0.4, 0.5) is 0 Å². The van der Waals surface area contributed by atoms with Crippen molar-refractivity contribution < 1.29 is 0 Å². The van der Waals surface area contributed by atoms with Crippen LogP contribution in [0.15, 0.2) is 6.20 Å². The number of rotatable bonds is 5. The van der Waals surface area contributed by atoms with Crippen molar-refractivity contribution >= 4 is 22.6 Å². The van der Waals surface area contributed by atoms with Crippen LogP contribution in [0.1, 0.15) is 33.0 Å². The van der Waals surface area contributed by atoms with Gasteiger partial charge in [0.1, 0.15) is 11.0 Å². The van der Waals surface area contributed by atoms with Gasteiger partial charge in [0.05, 0.1) is 18.1 Å². The van der Waals surface area contributed by atoms with E-state index in [0.29, 0.717) is 23.7 Å². The molecule has 0 fully saturated rings. The SMILES string of the molecule is CC(C)CC(C)N(C)Cc1nc(Cl)c2cnn(C)c2n1. The summed E-state index contributed by atoms with van der Waals surface area (Å²) in [7, 11) is 3.96. The highest BCUT2D eigenvalue weighted by molar-refractivity contribution is 6.33. The highest BCUT2D eigenvalue weighted by atomic mass is 35.5. The minimum atomic E-state index is 0.475. The molecule has 110 valence electrons. The number of fused-ring (bicyclic) bond motifs is 1. The van der Waals surface area contributed by atoms with Gasteiger partial charge in [0.25, 0.3) is 0 Å². The molecule has 0 bridgehead atoms. The van der Waals surface area contributed by atoms with Gasteiger partial charge in [-0.25, -0.2) is 9.97 Å². The normalized spacial score (nSPS) is 13.6. The second-order valence-corrected chi connectivity index (χ2v) is 6.19. The predicted octanol–water partition coefficient (Wildman–Crippen LogP) is 2.88. The first kappa shape index (κ1) is 15.2. The molecule has 0 N–H and O–H groups in total. The van der Waals surface area contributed by atoms with E-state index in [1.807, 2.05) is 7.05 Å². The standard InChI is InChI=1S/C14H22ClN5/c1-9(2)6-10(3)19(4)8-12-17-13(15)11-7-16-20(5)14(11)18-12/h7,9-10H,6,8H2,1-5H3. The van der Waals surface area contributed by atoms with Gasteiger partial charge in [-0.3, -0.25) is 9.58 Å². The zero-order chi connectivity index (χ0) is 14.9. The molecule has 2 rings (SSSR count). The Kier molecular flexibility index (Phi) is 4.60. The lowest BCUT2D eigenvalue weighted by atomic mass is 10.0. The van der Waals surface area contributed by atoms with Gasteiger partial charge in [-0.05, 0) is 26.3 Å². The topological polar surface area (TPSA) is 46.8 Å². The molecule has 0 aromatic carbocycles. The zero-order valence-electron chi connectivity index (χ0n) is 12.8. The van der Waals surface area contributed by atoms with Gasteiger partial charge in [-0.2, -0.15) is 5.10 Å². The van der Waals surface area contributed by atoms with Crippen molar-refractivity contribution in [1.29, 1.82) is 0 Å². The smallest absolute Gasteiger partial charge is 0.162 e. The summed E-state index contributed by atoms with van der Waals surface area (Å²) in [5.74, 6) is 1.42. The van der Waals surface area contributed by atoms with Crippen LogP contribution >= 0.6 is 11.6 Å². The predicted molar refractivity (Wildman–Crippen MR) is 81.7 cm³/mol. The third kappa shape index (κ3) is 3.27. The van der Waals surface area contributed by atoms with Crippen molar-refractivity contribution in [2.75, 3.05) is 7.05 Å². The first-order chi connectivity index (χ1) is 9.38. The number of hydrogen-bond donors (Lipinski definition) is 0. The summed E-state index contributed by atoms with van der Waals surface area (Å²) in [6, 6.07) is 0.486. The molecule has 0 aliphatic carbocycles. The average Bonchev–Trinajstić information content (AvgIpc) is 2.71. The molecule has 0 saturated carbocycles. The van der Waals surface area contributed by atoms with E-state index in [4.69, 9.17) is 11.6 Å². The van der Waals surface area contributed by atoms with Crippen LogP contribution < -0.4 is 0 Å². The third-order valence-electron chi connectivity index (χ3n) is 3.55. The van der Waals surface area contributed by atoms with Crippen molar-refractivity contribution in [2.45, 2.75) is 39.8 Å². The molecule has 0 aliphatic rings. The van der Waals surface area contributed by atoms with Crippen molar-refractivity contribution in [3.8, 4) is 0 Å². The Labute approximate surface area is 125 Å². The fourth-order valence-electron chi connectivity index (χ4n) is 2.34. The molecular weight excluding hydrogens is 274 g/mol. The Bertz CT molecular complexity index is 593. The van der Waals surface area contributed by atoms with Crippen molar-refractivity contribution in [3.05, 3.63) is 17.2 Å². The van der Waals surface area contributed by atoms with Gasteiger partial charge in [0.15, 0.2) is 5.65 Å². The monoisotopic (exact) mass is 295 g/mol. The highest BCUT2D eigenvalue weighted by Gasteiger charge is 2.15. The summed E-state index contributed by atoms with van der Waals surface area (Å²) in [6.07, 6.45) is 2.85. The lowest BCUT2D eigenvalue weighted by Gasteiger charge is -2.25. The molecule has 6 heteroatoms. The molecule has 2 aromatic rings. The van der Waals surface area contributed by atoms with Gasteiger partial charge in [0, 0.05) is 13.1 Å². The molecular formula is C14H22ClN5. The number of aromatic nitrogens is 4. The largest absolute Gasteiger partial charge is 0.296 e. The van der Waals surface area contributed by atoms with Crippen LogP contribution in [0, 0.1) is 5.92 Å². The Morgan fingerprint density at radius 3 is 2.65 bits per heavy atom. The second kappa shape index (κ2) is 6.06. The Hall–Kier alpha value is -1.20. The van der Waals surface area contributed by atoms with E-state index in [1.165, 1.54) is 0 Å². The number of halogens is 1. The van der Waals surface area contributed by atoms with E-state index in [-0.39, 0.29) is 0 Å². The summed E-state index contributed by atoms with van der Waals surface area (Å²) in [5, 5.41) is 5.44. The minimum absolute atomic E-state index is 0.475. The van der Waals surface area contributed by atoms with E-state index in [9.17, 15) is 0 Å². The third-order valence-corrected chi connectivity index (χ3v) is 3.84. The number of aryl methyl sites for hydroxylation is 1. The molecule has 0 spiro atoms. The van der Waals surface area contributed by atoms with Crippen LogP contribution in [0.5, 0.6) is 0 Å². The van der Waals surface area contributed by atoms with Crippen molar-refractivity contribution in [1.82, 2.24) is 24.6 Å². The lowest BCUT2D eigenvalue weighted by Crippen LogP contribution is -2.30. The summed E-state index contributed by atoms with van der Waals surface area (Å²) >= 11 is 6.20. The lowest BCUT2D eigenvalue weighted by molar-refractivity contribution is 0.216. The summed E-state index contributed by atoms with van der Waals surface area (Å²) in [4.78, 5) is 11.2. The van der Waals surface area contributed by atoms with Gasteiger partial charge in [0.2, 0.25) is 0 Å². The van der Waals surface area contributed by atoms with Gasteiger partial charge < -0.3 is 0 Å². The molecule has 20 heavy (non-hydrogen) atoms. The highest BCUT2D eigenvalue weighted by Crippen LogP contribution is 2.20. The molecule has 2 heterocycles. The van der Waals surface area contributed by atoms with E-state index in [1.54, 1.807) is 10.9 Å². The Morgan fingerprint density at radius 1 is 1.30 bits per heavy atom. The molecule has 1 unspecified atom stereocenters. The molecule has 0 saturated heterocycles. The van der Waals surface area contributed by atoms with Gasteiger partial charge in [-0.15, -0.1) is 0 Å². The molecule has 2 aromatic heterocycles. The maximum absolute atomic E-state index is 6.20. The first-order valence-corrected chi connectivity index (χ1v) is 7.30. The number of hydrogen-bond acceptors (Lipinski definition) is 4. The van der Waals surface area contributed by atoms with Crippen LogP contribution in [-0.4, -0.2) is 37.7 Å². The Balaban J connectivity index is 2.19. The van der Waals surface area contributed by atoms with E-state index in [2.05, 4.69) is 47.8 Å². The fourth-order valence-corrected chi connectivity index (χ4v) is 2.57. The van der Waals surface area contributed by atoms with Gasteiger partial charge in [-0.1, -0.05) is 25.4 Å². The van der Waals surface area contributed by atoms with Crippen LogP contribution in [0.25, 0.3) is 11.0 Å². The van der Waals surface area contributed by atoms with E-state index < -0.39 is 0 Å². The van der Waals surface area contributed by atoms with E-state index >= 15 is 0 Å². The maximum atomic E-state index is 6.20. The Morgan fingerprint density at radius 2 is 2.00 bits per heavy atom. The molecule has 5 nitrogen and oxygen atoms in total. The fraction of sp³-hybridized carbons (Fsp3) is 0.643. The molecule has 1 atom stereocenters. The van der Waals surface area contributed by atoms with Gasteiger partial charge >= 0.3 is 0 Å².